The number of rotatable bonds is 2. The molecule has 1 aliphatic rings. The van der Waals surface area contributed by atoms with Crippen molar-refractivity contribution in [3.63, 3.8) is 0 Å². The van der Waals surface area contributed by atoms with Gasteiger partial charge in [-0.05, 0) is 24.5 Å². The van der Waals surface area contributed by atoms with E-state index >= 15 is 0 Å². The molecular weight excluding hydrogens is 294 g/mol. The molecule has 1 N–H and O–H groups in total. The van der Waals surface area contributed by atoms with Gasteiger partial charge >= 0.3 is 5.97 Å². The number of hydrogen-bond acceptors (Lipinski definition) is 5. The van der Waals surface area contributed by atoms with Crippen molar-refractivity contribution >= 4 is 17.4 Å². The Balaban J connectivity index is 1.98. The summed E-state index contributed by atoms with van der Waals surface area (Å²) in [6.07, 6.45) is 0.716. The summed E-state index contributed by atoms with van der Waals surface area (Å²) in [6.45, 7) is 9.60. The first kappa shape index (κ1) is 15.7. The van der Waals surface area contributed by atoms with Crippen LogP contribution in [0.5, 0.6) is 0 Å². The molecule has 7 nitrogen and oxygen atoms in total. The van der Waals surface area contributed by atoms with Crippen molar-refractivity contribution in [3.05, 3.63) is 18.0 Å². The molecule has 0 radical (unpaired) electrons. The summed E-state index contributed by atoms with van der Waals surface area (Å²) >= 11 is 0. The summed E-state index contributed by atoms with van der Waals surface area (Å²) in [7, 11) is 0. The van der Waals surface area contributed by atoms with Crippen LogP contribution >= 0.6 is 0 Å². The molecule has 0 aliphatic carbocycles. The van der Waals surface area contributed by atoms with Crippen molar-refractivity contribution in [2.75, 3.05) is 18.0 Å². The molecule has 0 saturated carbocycles. The third-order valence-corrected chi connectivity index (χ3v) is 4.25. The largest absolute Gasteiger partial charge is 0.481 e. The highest BCUT2D eigenvalue weighted by molar-refractivity contribution is 5.71. The Hall–Kier alpha value is -2.18. The van der Waals surface area contributed by atoms with Gasteiger partial charge in [0, 0.05) is 18.5 Å². The van der Waals surface area contributed by atoms with Crippen LogP contribution in [-0.2, 0) is 10.2 Å². The van der Waals surface area contributed by atoms with Gasteiger partial charge in [0.05, 0.1) is 5.92 Å². The van der Waals surface area contributed by atoms with Crippen molar-refractivity contribution in [2.24, 2.45) is 11.8 Å². The van der Waals surface area contributed by atoms with Crippen LogP contribution in [0.3, 0.4) is 0 Å². The highest BCUT2D eigenvalue weighted by Crippen LogP contribution is 2.27. The zero-order chi connectivity index (χ0) is 16.8. The predicted molar refractivity (Wildman–Crippen MR) is 86.6 cm³/mol. The van der Waals surface area contributed by atoms with Crippen LogP contribution in [0.1, 0.15) is 39.9 Å². The summed E-state index contributed by atoms with van der Waals surface area (Å²) in [6, 6.07) is 3.78. The topological polar surface area (TPSA) is 83.6 Å². The molecule has 2 aromatic heterocycles. The van der Waals surface area contributed by atoms with Gasteiger partial charge in [-0.1, -0.05) is 27.7 Å². The van der Waals surface area contributed by atoms with Crippen LogP contribution in [0.2, 0.25) is 0 Å². The van der Waals surface area contributed by atoms with Gasteiger partial charge in [-0.15, -0.1) is 15.3 Å². The van der Waals surface area contributed by atoms with Crippen molar-refractivity contribution in [3.8, 4) is 0 Å². The van der Waals surface area contributed by atoms with E-state index in [2.05, 4.69) is 47.9 Å². The van der Waals surface area contributed by atoms with E-state index in [1.807, 2.05) is 12.1 Å². The first-order valence-corrected chi connectivity index (χ1v) is 7.96. The van der Waals surface area contributed by atoms with Gasteiger partial charge in [0.2, 0.25) is 0 Å². The van der Waals surface area contributed by atoms with E-state index in [-0.39, 0.29) is 11.3 Å². The third kappa shape index (κ3) is 3.00. The predicted octanol–water partition coefficient (Wildman–Crippen LogP) is 1.97. The highest BCUT2D eigenvalue weighted by atomic mass is 16.4. The quantitative estimate of drug-likeness (QED) is 0.911. The lowest BCUT2D eigenvalue weighted by atomic mass is 9.90. The second-order valence-corrected chi connectivity index (χ2v) is 7.52. The second kappa shape index (κ2) is 5.47. The Morgan fingerprint density at radius 3 is 2.65 bits per heavy atom. The first-order chi connectivity index (χ1) is 10.8. The number of anilines is 1. The molecular formula is C16H23N5O2. The third-order valence-electron chi connectivity index (χ3n) is 4.25. The second-order valence-electron chi connectivity index (χ2n) is 7.52. The Morgan fingerprint density at radius 2 is 2.00 bits per heavy atom. The lowest BCUT2D eigenvalue weighted by Crippen LogP contribution is -2.43. The number of piperidine rings is 1. The molecule has 0 amide bonds. The van der Waals surface area contributed by atoms with E-state index < -0.39 is 5.97 Å². The summed E-state index contributed by atoms with van der Waals surface area (Å²) in [5.74, 6) is 0.821. The molecule has 0 aromatic carbocycles. The van der Waals surface area contributed by atoms with Crippen LogP contribution in [0, 0.1) is 11.8 Å². The lowest BCUT2D eigenvalue weighted by Gasteiger charge is -2.35. The van der Waals surface area contributed by atoms with E-state index in [9.17, 15) is 9.90 Å². The van der Waals surface area contributed by atoms with E-state index in [1.165, 1.54) is 0 Å². The number of carboxylic acid groups (broad SMARTS) is 1. The fourth-order valence-corrected chi connectivity index (χ4v) is 3.13. The normalized spacial score (nSPS) is 22.5. The van der Waals surface area contributed by atoms with Crippen LogP contribution < -0.4 is 4.90 Å². The molecule has 1 aliphatic heterocycles. The lowest BCUT2D eigenvalue weighted by molar-refractivity contribution is -0.142. The fraction of sp³-hybridized carbons (Fsp3) is 0.625. The van der Waals surface area contributed by atoms with Crippen molar-refractivity contribution in [2.45, 2.75) is 39.5 Å². The van der Waals surface area contributed by atoms with E-state index in [4.69, 9.17) is 0 Å². The number of fused-ring (bicyclic) bond motifs is 1. The Morgan fingerprint density at radius 1 is 1.26 bits per heavy atom. The molecule has 23 heavy (non-hydrogen) atoms. The maximum Gasteiger partial charge on any atom is 0.308 e. The number of carbonyl (C=O) groups is 1. The molecule has 7 heteroatoms. The first-order valence-electron chi connectivity index (χ1n) is 7.96. The molecule has 0 spiro atoms. The highest BCUT2D eigenvalue weighted by Gasteiger charge is 2.30. The number of aromatic nitrogens is 4. The van der Waals surface area contributed by atoms with Crippen LogP contribution in [0.4, 0.5) is 5.82 Å². The maximum atomic E-state index is 11.4. The van der Waals surface area contributed by atoms with Gasteiger partial charge < -0.3 is 10.0 Å². The number of carboxylic acids is 1. The van der Waals surface area contributed by atoms with Gasteiger partial charge in [-0.2, -0.15) is 4.52 Å². The Kier molecular flexibility index (Phi) is 3.74. The minimum Gasteiger partial charge on any atom is -0.481 e. The maximum absolute atomic E-state index is 11.4. The smallest absolute Gasteiger partial charge is 0.308 e. The zero-order valence-corrected chi connectivity index (χ0v) is 14.0. The summed E-state index contributed by atoms with van der Waals surface area (Å²) < 4.78 is 1.77. The molecule has 124 valence electrons. The van der Waals surface area contributed by atoms with Crippen LogP contribution in [0.25, 0.3) is 5.65 Å². The molecule has 2 atom stereocenters. The monoisotopic (exact) mass is 317 g/mol. The van der Waals surface area contributed by atoms with Crippen molar-refractivity contribution < 1.29 is 9.90 Å². The summed E-state index contributed by atoms with van der Waals surface area (Å²) in [5.41, 5.74) is 0.544. The number of nitrogens with zero attached hydrogens (tertiary/aromatic N) is 5. The standard InChI is InChI=1S/C16H23N5O2/c1-10-7-11(14(22)23)9-20(8-10)13-6-5-12-17-18-15(16(2,3)4)21(12)19-13/h5-6,10-11H,7-9H2,1-4H3,(H,22,23). The van der Waals surface area contributed by atoms with Crippen LogP contribution in [0.15, 0.2) is 12.1 Å². The van der Waals surface area contributed by atoms with E-state index in [1.54, 1.807) is 4.52 Å². The summed E-state index contributed by atoms with van der Waals surface area (Å²) in [4.78, 5) is 13.4. The molecule has 3 rings (SSSR count). The minimum atomic E-state index is -0.734. The van der Waals surface area contributed by atoms with Gasteiger partial charge in [0.15, 0.2) is 11.5 Å². The van der Waals surface area contributed by atoms with Crippen molar-refractivity contribution in [1.29, 1.82) is 0 Å². The average molecular weight is 317 g/mol. The SMILES string of the molecule is CC1CC(C(=O)O)CN(c2ccc3nnc(C(C)(C)C)n3n2)C1. The zero-order valence-electron chi connectivity index (χ0n) is 14.0. The Bertz CT molecular complexity index is 734. The number of aliphatic carboxylic acids is 1. The van der Waals surface area contributed by atoms with Gasteiger partial charge in [0.25, 0.3) is 0 Å². The fourth-order valence-electron chi connectivity index (χ4n) is 3.13. The minimum absolute atomic E-state index is 0.163. The van der Waals surface area contributed by atoms with Gasteiger partial charge in [-0.3, -0.25) is 4.79 Å². The molecule has 2 aromatic rings. The Labute approximate surface area is 135 Å². The van der Waals surface area contributed by atoms with Gasteiger partial charge in [0.1, 0.15) is 5.82 Å². The molecule has 0 bridgehead atoms. The van der Waals surface area contributed by atoms with Gasteiger partial charge in [-0.25, -0.2) is 0 Å². The van der Waals surface area contributed by atoms with E-state index in [0.29, 0.717) is 24.5 Å². The number of hydrogen-bond donors (Lipinski definition) is 1. The molecule has 1 saturated heterocycles. The molecule has 3 heterocycles. The van der Waals surface area contributed by atoms with Crippen molar-refractivity contribution in [1.82, 2.24) is 19.8 Å². The van der Waals surface area contributed by atoms with Crippen LogP contribution in [-0.4, -0.2) is 44.0 Å². The average Bonchev–Trinajstić information content (AvgIpc) is 2.89. The molecule has 2 unspecified atom stereocenters. The summed E-state index contributed by atoms with van der Waals surface area (Å²) in [5, 5.41) is 22.4. The molecule has 1 fully saturated rings. The van der Waals surface area contributed by atoms with E-state index in [0.717, 1.165) is 18.2 Å².